The molecule has 0 aliphatic heterocycles. The molecule has 0 aromatic heterocycles. The van der Waals surface area contributed by atoms with Gasteiger partial charge in [0, 0.05) is 13.7 Å². The Bertz CT molecular complexity index is 118. The van der Waals surface area contributed by atoms with Crippen LogP contribution < -0.4 is 0 Å². The molecule has 3 N–H and O–H groups in total. The average molecular weight is 250 g/mol. The third-order valence-corrected chi connectivity index (χ3v) is 0.989. The number of alkyl halides is 3. The van der Waals surface area contributed by atoms with Crippen molar-refractivity contribution in [3.05, 3.63) is 0 Å². The third-order valence-electron chi connectivity index (χ3n) is 0.989. The van der Waals surface area contributed by atoms with E-state index >= 15 is 0 Å². The Kier molecular flexibility index (Phi) is 14.6. The topological polar surface area (TPSA) is 69.9 Å². The van der Waals surface area contributed by atoms with Gasteiger partial charge in [-0.2, -0.15) is 13.2 Å². The maximum Gasteiger partial charge on any atom is 0.416 e. The van der Waals surface area contributed by atoms with Crippen LogP contribution in [0.25, 0.3) is 0 Å². The second kappa shape index (κ2) is 11.1. The summed E-state index contributed by atoms with van der Waals surface area (Å²) in [5.41, 5.74) is -2.56. The highest BCUT2D eigenvalue weighted by atomic mass is 19.4. The smallest absolute Gasteiger partial charge is 0.397 e. The Hall–Kier alpha value is -0.370. The van der Waals surface area contributed by atoms with Crippen molar-refractivity contribution in [2.24, 2.45) is 0 Å². The second-order valence-electron chi connectivity index (χ2n) is 3.09. The van der Waals surface area contributed by atoms with E-state index in [1.54, 1.807) is 14.0 Å². The van der Waals surface area contributed by atoms with Crippen LogP contribution in [0.4, 0.5) is 13.2 Å². The van der Waals surface area contributed by atoms with E-state index in [2.05, 4.69) is 4.74 Å². The van der Waals surface area contributed by atoms with Crippen molar-refractivity contribution in [1.29, 1.82) is 0 Å². The van der Waals surface area contributed by atoms with Crippen molar-refractivity contribution in [2.45, 2.75) is 32.5 Å². The molecule has 0 saturated carbocycles. The third kappa shape index (κ3) is 19.2. The van der Waals surface area contributed by atoms with Crippen LogP contribution in [0.2, 0.25) is 0 Å². The lowest BCUT2D eigenvalue weighted by molar-refractivity contribution is -0.245. The molecular formula is C9H21F3O4. The predicted molar refractivity (Wildman–Crippen MR) is 54.1 cm³/mol. The molecule has 0 bridgehead atoms. The standard InChI is InChI=1S/C4H7F3O.C3H8O2.C2H6O/c1-3(2,8)4(5,6)7;1-5-3-2-4;1-2-3/h8H,1-2H3;4H,2-3H2,1H3;3H,2H2,1H3. The number of rotatable bonds is 2. The van der Waals surface area contributed by atoms with Crippen molar-refractivity contribution in [1.82, 2.24) is 0 Å². The predicted octanol–water partition coefficient (Wildman–Crippen LogP) is 0.943. The molecule has 0 amide bonds. The number of aliphatic hydroxyl groups is 3. The lowest BCUT2D eigenvalue weighted by Crippen LogP contribution is -2.38. The molecule has 0 atom stereocenters. The molecular weight excluding hydrogens is 229 g/mol. The molecule has 0 rings (SSSR count). The van der Waals surface area contributed by atoms with Gasteiger partial charge >= 0.3 is 6.18 Å². The van der Waals surface area contributed by atoms with E-state index in [9.17, 15) is 13.2 Å². The highest BCUT2D eigenvalue weighted by molar-refractivity contribution is 4.74. The SMILES string of the molecule is CC(C)(O)C(F)(F)F.CCO.COCCO. The summed E-state index contributed by atoms with van der Waals surface area (Å²) in [6.07, 6.45) is -4.51. The molecule has 7 heteroatoms. The molecule has 4 nitrogen and oxygen atoms in total. The van der Waals surface area contributed by atoms with Crippen LogP contribution in [0.3, 0.4) is 0 Å². The van der Waals surface area contributed by atoms with Crippen LogP contribution in [0, 0.1) is 0 Å². The summed E-state index contributed by atoms with van der Waals surface area (Å²) in [5, 5.41) is 23.7. The van der Waals surface area contributed by atoms with Crippen molar-refractivity contribution in [3.63, 3.8) is 0 Å². The maximum atomic E-state index is 11.3. The quantitative estimate of drug-likeness (QED) is 0.682. The largest absolute Gasteiger partial charge is 0.416 e. The first kappa shape index (κ1) is 21.0. The fourth-order valence-electron chi connectivity index (χ4n) is 0.0913. The van der Waals surface area contributed by atoms with Crippen LogP contribution in [0.5, 0.6) is 0 Å². The summed E-state index contributed by atoms with van der Waals surface area (Å²) < 4.78 is 38.4. The Morgan fingerprint density at radius 1 is 1.12 bits per heavy atom. The van der Waals surface area contributed by atoms with E-state index in [1.807, 2.05) is 0 Å². The van der Waals surface area contributed by atoms with Crippen molar-refractivity contribution in [2.75, 3.05) is 26.9 Å². The van der Waals surface area contributed by atoms with E-state index in [0.29, 0.717) is 20.5 Å². The minimum Gasteiger partial charge on any atom is -0.397 e. The molecule has 0 saturated heterocycles. The molecule has 0 heterocycles. The van der Waals surface area contributed by atoms with Gasteiger partial charge < -0.3 is 20.1 Å². The number of methoxy groups -OCH3 is 1. The molecule has 102 valence electrons. The van der Waals surface area contributed by atoms with Gasteiger partial charge in [-0.15, -0.1) is 0 Å². The number of hydrogen-bond donors (Lipinski definition) is 3. The van der Waals surface area contributed by atoms with Crippen LogP contribution in [0.1, 0.15) is 20.8 Å². The minimum atomic E-state index is -4.51. The molecule has 0 radical (unpaired) electrons. The molecule has 0 aliphatic carbocycles. The number of hydrogen-bond acceptors (Lipinski definition) is 4. The van der Waals surface area contributed by atoms with Gasteiger partial charge in [0.05, 0.1) is 13.2 Å². The molecule has 0 aromatic carbocycles. The molecule has 0 spiro atoms. The number of halogens is 3. The highest BCUT2D eigenvalue weighted by Gasteiger charge is 2.45. The van der Waals surface area contributed by atoms with Gasteiger partial charge in [0.25, 0.3) is 0 Å². The zero-order valence-electron chi connectivity index (χ0n) is 10.0. The Labute approximate surface area is 93.7 Å². The summed E-state index contributed by atoms with van der Waals surface area (Å²) in [4.78, 5) is 0. The fraction of sp³-hybridized carbons (Fsp3) is 1.00. The fourth-order valence-corrected chi connectivity index (χ4v) is 0.0913. The normalized spacial score (nSPS) is 10.9. The van der Waals surface area contributed by atoms with Gasteiger partial charge in [-0.25, -0.2) is 0 Å². The van der Waals surface area contributed by atoms with E-state index < -0.39 is 11.8 Å². The zero-order chi connectivity index (χ0) is 13.8. The second-order valence-corrected chi connectivity index (χ2v) is 3.09. The number of ether oxygens (including phenoxy) is 1. The van der Waals surface area contributed by atoms with Gasteiger partial charge in [0.2, 0.25) is 0 Å². The van der Waals surface area contributed by atoms with Gasteiger partial charge in [-0.1, -0.05) is 0 Å². The first-order chi connectivity index (χ1) is 7.08. The summed E-state index contributed by atoms with van der Waals surface area (Å²) in [6.45, 7) is 3.90. The summed E-state index contributed by atoms with van der Waals surface area (Å²) in [5.74, 6) is 0. The van der Waals surface area contributed by atoms with E-state index in [4.69, 9.17) is 15.3 Å². The van der Waals surface area contributed by atoms with E-state index in [0.717, 1.165) is 0 Å². The lowest BCUT2D eigenvalue weighted by atomic mass is 10.1. The first-order valence-electron chi connectivity index (χ1n) is 4.58. The molecule has 0 unspecified atom stereocenters. The van der Waals surface area contributed by atoms with Crippen molar-refractivity contribution >= 4 is 0 Å². The molecule has 16 heavy (non-hydrogen) atoms. The van der Waals surface area contributed by atoms with E-state index in [1.165, 1.54) is 0 Å². The van der Waals surface area contributed by atoms with Gasteiger partial charge in [-0.3, -0.25) is 0 Å². The maximum absolute atomic E-state index is 11.3. The van der Waals surface area contributed by atoms with Crippen LogP contribution >= 0.6 is 0 Å². The van der Waals surface area contributed by atoms with Crippen molar-refractivity contribution in [3.8, 4) is 0 Å². The van der Waals surface area contributed by atoms with Crippen LogP contribution in [-0.4, -0.2) is 54.0 Å². The van der Waals surface area contributed by atoms with Crippen LogP contribution in [0.15, 0.2) is 0 Å². The summed E-state index contributed by atoms with van der Waals surface area (Å²) in [7, 11) is 1.55. The van der Waals surface area contributed by atoms with E-state index in [-0.39, 0.29) is 13.2 Å². The monoisotopic (exact) mass is 250 g/mol. The van der Waals surface area contributed by atoms with Crippen LogP contribution in [-0.2, 0) is 4.74 Å². The Morgan fingerprint density at radius 2 is 1.38 bits per heavy atom. The minimum absolute atomic E-state index is 0.122. The Morgan fingerprint density at radius 3 is 1.38 bits per heavy atom. The lowest BCUT2D eigenvalue weighted by Gasteiger charge is -2.20. The summed E-state index contributed by atoms with van der Waals surface area (Å²) >= 11 is 0. The van der Waals surface area contributed by atoms with Gasteiger partial charge in [0.1, 0.15) is 0 Å². The highest BCUT2D eigenvalue weighted by Crippen LogP contribution is 2.28. The van der Waals surface area contributed by atoms with Gasteiger partial charge in [0.15, 0.2) is 5.60 Å². The molecule has 0 fully saturated rings. The number of aliphatic hydroxyl groups excluding tert-OH is 2. The Balaban J connectivity index is -0.000000181. The zero-order valence-corrected chi connectivity index (χ0v) is 10.0. The van der Waals surface area contributed by atoms with Crippen molar-refractivity contribution < 1.29 is 33.2 Å². The molecule has 0 aromatic rings. The first-order valence-corrected chi connectivity index (χ1v) is 4.58. The summed E-state index contributed by atoms with van der Waals surface area (Å²) in [6, 6.07) is 0. The van der Waals surface area contributed by atoms with Gasteiger partial charge in [-0.05, 0) is 20.8 Å². The molecule has 0 aliphatic rings. The average Bonchev–Trinajstić information content (AvgIpc) is 2.04.